The van der Waals surface area contributed by atoms with Crippen LogP contribution in [0.3, 0.4) is 0 Å². The number of ether oxygens (including phenoxy) is 1. The third-order valence-electron chi connectivity index (χ3n) is 3.30. The molecule has 5 heteroatoms. The number of ketones is 1. The fraction of sp³-hybridized carbons (Fsp3) is 0.667. The van der Waals surface area contributed by atoms with Crippen molar-refractivity contribution in [1.29, 1.82) is 0 Å². The Kier molecular flexibility index (Phi) is 3.59. The average Bonchev–Trinajstić information content (AvgIpc) is 2.64. The summed E-state index contributed by atoms with van der Waals surface area (Å²) in [5.74, 6) is 0.0729. The molecule has 1 aromatic rings. The molecule has 1 aromatic heterocycles. The van der Waals surface area contributed by atoms with E-state index in [0.717, 1.165) is 32.1 Å². The van der Waals surface area contributed by atoms with Crippen molar-refractivity contribution < 1.29 is 9.53 Å². The summed E-state index contributed by atoms with van der Waals surface area (Å²) in [6, 6.07) is 0.396. The third-order valence-corrected chi connectivity index (χ3v) is 3.30. The number of morpholine rings is 1. The Hall–Kier alpha value is -1.20. The van der Waals surface area contributed by atoms with Crippen LogP contribution in [0.25, 0.3) is 0 Å². The molecule has 0 saturated carbocycles. The lowest BCUT2D eigenvalue weighted by molar-refractivity contribution is -0.0175. The van der Waals surface area contributed by atoms with E-state index in [1.54, 1.807) is 13.1 Å². The summed E-state index contributed by atoms with van der Waals surface area (Å²) in [6.45, 7) is 8.83. The summed E-state index contributed by atoms with van der Waals surface area (Å²) in [6.07, 6.45) is 1.66. The molecule has 1 aliphatic rings. The van der Waals surface area contributed by atoms with Crippen molar-refractivity contribution in [2.75, 3.05) is 19.8 Å². The Bertz CT molecular complexity index is 414. The first-order valence-corrected chi connectivity index (χ1v) is 5.94. The van der Waals surface area contributed by atoms with E-state index < -0.39 is 0 Å². The quantitative estimate of drug-likeness (QED) is 0.738. The Labute approximate surface area is 101 Å². The SMILES string of the molecule is CC(=O)c1cnn(CN2CCOCC2C)c1C. The third kappa shape index (κ3) is 2.56. The van der Waals surface area contributed by atoms with Gasteiger partial charge in [0, 0.05) is 18.3 Å². The van der Waals surface area contributed by atoms with Gasteiger partial charge in [-0.15, -0.1) is 0 Å². The highest BCUT2D eigenvalue weighted by atomic mass is 16.5. The smallest absolute Gasteiger partial charge is 0.163 e. The molecule has 0 N–H and O–H groups in total. The summed E-state index contributed by atoms with van der Waals surface area (Å²) < 4.78 is 7.29. The van der Waals surface area contributed by atoms with Crippen molar-refractivity contribution in [1.82, 2.24) is 14.7 Å². The van der Waals surface area contributed by atoms with E-state index >= 15 is 0 Å². The summed E-state index contributed by atoms with van der Waals surface area (Å²) >= 11 is 0. The molecule has 0 radical (unpaired) electrons. The monoisotopic (exact) mass is 237 g/mol. The molecule has 94 valence electrons. The second-order valence-corrected chi connectivity index (χ2v) is 4.58. The zero-order valence-electron chi connectivity index (χ0n) is 10.6. The van der Waals surface area contributed by atoms with E-state index in [2.05, 4.69) is 16.9 Å². The molecule has 2 rings (SSSR count). The van der Waals surface area contributed by atoms with Gasteiger partial charge in [-0.05, 0) is 20.8 Å². The maximum Gasteiger partial charge on any atom is 0.163 e. The second kappa shape index (κ2) is 4.98. The normalized spacial score (nSPS) is 21.7. The van der Waals surface area contributed by atoms with Crippen molar-refractivity contribution in [2.45, 2.75) is 33.5 Å². The van der Waals surface area contributed by atoms with Gasteiger partial charge < -0.3 is 4.74 Å². The van der Waals surface area contributed by atoms with Gasteiger partial charge in [-0.3, -0.25) is 14.4 Å². The van der Waals surface area contributed by atoms with Gasteiger partial charge >= 0.3 is 0 Å². The Balaban J connectivity index is 2.10. The molecule has 17 heavy (non-hydrogen) atoms. The molecular formula is C12H19N3O2. The number of nitrogens with zero attached hydrogens (tertiary/aromatic N) is 3. The van der Waals surface area contributed by atoms with E-state index in [1.807, 2.05) is 11.6 Å². The highest BCUT2D eigenvalue weighted by Crippen LogP contribution is 2.12. The molecule has 1 fully saturated rings. The van der Waals surface area contributed by atoms with Gasteiger partial charge in [-0.25, -0.2) is 0 Å². The first kappa shape index (κ1) is 12.3. The molecule has 1 atom stereocenters. The van der Waals surface area contributed by atoms with Crippen LogP contribution >= 0.6 is 0 Å². The summed E-state index contributed by atoms with van der Waals surface area (Å²) in [4.78, 5) is 13.7. The van der Waals surface area contributed by atoms with E-state index in [1.165, 1.54) is 0 Å². The van der Waals surface area contributed by atoms with Crippen molar-refractivity contribution >= 4 is 5.78 Å². The molecule has 1 unspecified atom stereocenters. The number of Topliss-reactive ketones (excluding diaryl/α,β-unsaturated/α-hetero) is 1. The average molecular weight is 237 g/mol. The minimum atomic E-state index is 0.0729. The predicted octanol–water partition coefficient (Wildman–Crippen LogP) is 1.07. The van der Waals surface area contributed by atoms with Gasteiger partial charge in [0.05, 0.1) is 31.6 Å². The van der Waals surface area contributed by atoms with Crippen LogP contribution in [0.1, 0.15) is 29.9 Å². The summed E-state index contributed by atoms with van der Waals surface area (Å²) in [5, 5.41) is 4.28. The molecule has 0 amide bonds. The fourth-order valence-electron chi connectivity index (χ4n) is 2.08. The molecule has 1 aliphatic heterocycles. The number of carbonyl (C=O) groups is 1. The fourth-order valence-corrected chi connectivity index (χ4v) is 2.08. The van der Waals surface area contributed by atoms with Crippen LogP contribution in [0.15, 0.2) is 6.20 Å². The lowest BCUT2D eigenvalue weighted by Gasteiger charge is -2.33. The lowest BCUT2D eigenvalue weighted by atomic mass is 10.2. The number of hydrogen-bond acceptors (Lipinski definition) is 4. The van der Waals surface area contributed by atoms with Crippen LogP contribution in [0.4, 0.5) is 0 Å². The minimum Gasteiger partial charge on any atom is -0.379 e. The topological polar surface area (TPSA) is 47.4 Å². The van der Waals surface area contributed by atoms with E-state index in [4.69, 9.17) is 4.74 Å². The van der Waals surface area contributed by atoms with Gasteiger partial charge in [-0.1, -0.05) is 0 Å². The van der Waals surface area contributed by atoms with E-state index in [-0.39, 0.29) is 5.78 Å². The highest BCUT2D eigenvalue weighted by Gasteiger charge is 2.20. The number of hydrogen-bond donors (Lipinski definition) is 0. The van der Waals surface area contributed by atoms with E-state index in [0.29, 0.717) is 11.6 Å². The largest absolute Gasteiger partial charge is 0.379 e. The maximum absolute atomic E-state index is 11.3. The lowest BCUT2D eigenvalue weighted by Crippen LogP contribution is -2.44. The number of rotatable bonds is 3. The molecule has 1 saturated heterocycles. The zero-order chi connectivity index (χ0) is 12.4. The van der Waals surface area contributed by atoms with Gasteiger partial charge in [0.15, 0.2) is 5.78 Å². The number of aromatic nitrogens is 2. The molecule has 0 aromatic carbocycles. The van der Waals surface area contributed by atoms with Crippen LogP contribution in [0.2, 0.25) is 0 Å². The van der Waals surface area contributed by atoms with Gasteiger partial charge in [0.2, 0.25) is 0 Å². The maximum atomic E-state index is 11.3. The Morgan fingerprint density at radius 3 is 3.00 bits per heavy atom. The zero-order valence-corrected chi connectivity index (χ0v) is 10.6. The molecule has 0 spiro atoms. The van der Waals surface area contributed by atoms with Crippen molar-refractivity contribution in [3.63, 3.8) is 0 Å². The first-order chi connectivity index (χ1) is 8.09. The van der Waals surface area contributed by atoms with Crippen LogP contribution in [0, 0.1) is 6.92 Å². The predicted molar refractivity (Wildman–Crippen MR) is 64.0 cm³/mol. The highest BCUT2D eigenvalue weighted by molar-refractivity contribution is 5.94. The molecule has 2 heterocycles. The van der Waals surface area contributed by atoms with Crippen molar-refractivity contribution in [2.24, 2.45) is 0 Å². The van der Waals surface area contributed by atoms with Crippen LogP contribution in [0.5, 0.6) is 0 Å². The second-order valence-electron chi connectivity index (χ2n) is 4.58. The van der Waals surface area contributed by atoms with Crippen LogP contribution in [-0.2, 0) is 11.4 Å². The molecule has 0 bridgehead atoms. The van der Waals surface area contributed by atoms with Crippen molar-refractivity contribution in [3.05, 3.63) is 17.5 Å². The van der Waals surface area contributed by atoms with Crippen molar-refractivity contribution in [3.8, 4) is 0 Å². The minimum absolute atomic E-state index is 0.0729. The number of carbonyl (C=O) groups excluding carboxylic acids is 1. The standard InChI is InChI=1S/C12H19N3O2/c1-9-7-17-5-4-14(9)8-15-10(2)12(6-13-15)11(3)16/h6,9H,4-5,7-8H2,1-3H3. The molecule has 0 aliphatic carbocycles. The molecule has 5 nitrogen and oxygen atoms in total. The van der Waals surface area contributed by atoms with Gasteiger partial charge in [0.1, 0.15) is 0 Å². The Morgan fingerprint density at radius 2 is 2.41 bits per heavy atom. The van der Waals surface area contributed by atoms with Crippen LogP contribution in [-0.4, -0.2) is 46.3 Å². The summed E-state index contributed by atoms with van der Waals surface area (Å²) in [5.41, 5.74) is 1.65. The van der Waals surface area contributed by atoms with Gasteiger partial charge in [-0.2, -0.15) is 5.10 Å². The van der Waals surface area contributed by atoms with Crippen LogP contribution < -0.4 is 0 Å². The molecular weight excluding hydrogens is 218 g/mol. The van der Waals surface area contributed by atoms with Gasteiger partial charge in [0.25, 0.3) is 0 Å². The van der Waals surface area contributed by atoms with E-state index in [9.17, 15) is 4.79 Å². The first-order valence-electron chi connectivity index (χ1n) is 5.94. The Morgan fingerprint density at radius 1 is 1.65 bits per heavy atom. The summed E-state index contributed by atoms with van der Waals surface area (Å²) in [7, 11) is 0.